The zero-order valence-corrected chi connectivity index (χ0v) is 12.0. The Bertz CT molecular complexity index is 539. The molecule has 0 aliphatic carbocycles. The van der Waals surface area contributed by atoms with Gasteiger partial charge in [-0.1, -0.05) is 0 Å². The molecule has 0 aliphatic rings. The lowest BCUT2D eigenvalue weighted by atomic mass is 10.1. The number of nitrogens with one attached hydrogen (secondary N) is 1. The quantitative estimate of drug-likeness (QED) is 0.823. The Morgan fingerprint density at radius 2 is 1.83 bits per heavy atom. The topological polar surface area (TPSA) is 12.0 Å². The number of anilines is 1. The molecule has 1 atom stereocenters. The summed E-state index contributed by atoms with van der Waals surface area (Å²) in [5.74, 6) is -0.192. The standard InChI is InChI=1S/C15H18FNS/c1-9-5-13(16)8-14(6-9)17-11(3)15-7-10(2)18-12(15)4/h5-8,11,17H,1-4H3. The molecule has 0 amide bonds. The molecule has 1 unspecified atom stereocenters. The van der Waals surface area contributed by atoms with E-state index < -0.39 is 0 Å². The average molecular weight is 263 g/mol. The molecular formula is C15H18FNS. The summed E-state index contributed by atoms with van der Waals surface area (Å²) in [6.07, 6.45) is 0. The number of halogens is 1. The van der Waals surface area contributed by atoms with Gasteiger partial charge in [0.15, 0.2) is 0 Å². The minimum atomic E-state index is -0.192. The number of hydrogen-bond acceptors (Lipinski definition) is 2. The van der Waals surface area contributed by atoms with Crippen molar-refractivity contribution < 1.29 is 4.39 Å². The van der Waals surface area contributed by atoms with Gasteiger partial charge in [-0.05, 0) is 63.1 Å². The fraction of sp³-hybridized carbons (Fsp3) is 0.333. The highest BCUT2D eigenvalue weighted by atomic mass is 32.1. The molecule has 0 aliphatic heterocycles. The fourth-order valence-corrected chi connectivity index (χ4v) is 3.25. The summed E-state index contributed by atoms with van der Waals surface area (Å²) in [5.41, 5.74) is 3.06. The fourth-order valence-electron chi connectivity index (χ4n) is 2.23. The Morgan fingerprint density at radius 3 is 2.39 bits per heavy atom. The molecule has 2 aromatic rings. The smallest absolute Gasteiger partial charge is 0.125 e. The number of thiophene rings is 1. The number of rotatable bonds is 3. The Morgan fingerprint density at radius 1 is 1.11 bits per heavy atom. The number of aryl methyl sites for hydroxylation is 3. The van der Waals surface area contributed by atoms with Crippen molar-refractivity contribution in [3.63, 3.8) is 0 Å². The summed E-state index contributed by atoms with van der Waals surface area (Å²) >= 11 is 1.80. The van der Waals surface area contributed by atoms with Crippen molar-refractivity contribution in [2.75, 3.05) is 5.32 Å². The van der Waals surface area contributed by atoms with Crippen LogP contribution in [0.3, 0.4) is 0 Å². The van der Waals surface area contributed by atoms with Gasteiger partial charge >= 0.3 is 0 Å². The van der Waals surface area contributed by atoms with Crippen LogP contribution in [0.2, 0.25) is 0 Å². The average Bonchev–Trinajstić information content (AvgIpc) is 2.56. The Hall–Kier alpha value is -1.35. The molecule has 1 aromatic heterocycles. The van der Waals surface area contributed by atoms with E-state index in [2.05, 4.69) is 32.2 Å². The van der Waals surface area contributed by atoms with E-state index in [1.807, 2.05) is 13.0 Å². The van der Waals surface area contributed by atoms with Crippen LogP contribution >= 0.6 is 11.3 Å². The third kappa shape index (κ3) is 2.91. The summed E-state index contributed by atoms with van der Waals surface area (Å²) in [4.78, 5) is 2.63. The van der Waals surface area contributed by atoms with Crippen LogP contribution < -0.4 is 5.32 Å². The van der Waals surface area contributed by atoms with Crippen molar-refractivity contribution in [3.8, 4) is 0 Å². The Kier molecular flexibility index (Phi) is 3.71. The van der Waals surface area contributed by atoms with Crippen LogP contribution in [0.4, 0.5) is 10.1 Å². The van der Waals surface area contributed by atoms with Gasteiger partial charge in [-0.25, -0.2) is 4.39 Å². The molecule has 1 nitrogen and oxygen atoms in total. The second-order valence-electron chi connectivity index (χ2n) is 4.75. The van der Waals surface area contributed by atoms with E-state index in [9.17, 15) is 4.39 Å². The SMILES string of the molecule is Cc1cc(F)cc(NC(C)c2cc(C)sc2C)c1. The van der Waals surface area contributed by atoms with Gasteiger partial charge in [0.05, 0.1) is 0 Å². The first-order valence-electron chi connectivity index (χ1n) is 6.06. The third-order valence-corrected chi connectivity index (χ3v) is 3.95. The van der Waals surface area contributed by atoms with E-state index in [4.69, 9.17) is 0 Å². The van der Waals surface area contributed by atoms with Crippen molar-refractivity contribution in [3.05, 3.63) is 51.0 Å². The van der Waals surface area contributed by atoms with Crippen molar-refractivity contribution >= 4 is 17.0 Å². The van der Waals surface area contributed by atoms with E-state index in [0.29, 0.717) is 0 Å². The zero-order chi connectivity index (χ0) is 13.3. The van der Waals surface area contributed by atoms with E-state index in [1.165, 1.54) is 27.5 Å². The van der Waals surface area contributed by atoms with Gasteiger partial charge < -0.3 is 5.32 Å². The van der Waals surface area contributed by atoms with Gasteiger partial charge in [0.1, 0.15) is 5.82 Å². The van der Waals surface area contributed by atoms with Gasteiger partial charge in [-0.3, -0.25) is 0 Å². The second kappa shape index (κ2) is 5.11. The zero-order valence-electron chi connectivity index (χ0n) is 11.2. The molecule has 1 aromatic carbocycles. The molecule has 0 radical (unpaired) electrons. The molecule has 0 saturated heterocycles. The van der Waals surface area contributed by atoms with Crippen LogP contribution in [-0.2, 0) is 0 Å². The first-order valence-corrected chi connectivity index (χ1v) is 6.88. The summed E-state index contributed by atoms with van der Waals surface area (Å²) < 4.78 is 13.3. The van der Waals surface area contributed by atoms with Crippen LogP contribution in [0.25, 0.3) is 0 Å². The molecule has 1 heterocycles. The maximum absolute atomic E-state index is 13.3. The lowest BCUT2D eigenvalue weighted by Gasteiger charge is -2.16. The second-order valence-corrected chi connectivity index (χ2v) is 6.21. The third-order valence-electron chi connectivity index (χ3n) is 2.97. The van der Waals surface area contributed by atoms with E-state index in [-0.39, 0.29) is 11.9 Å². The van der Waals surface area contributed by atoms with Crippen LogP contribution in [0, 0.1) is 26.6 Å². The highest BCUT2D eigenvalue weighted by molar-refractivity contribution is 7.12. The summed E-state index contributed by atoms with van der Waals surface area (Å²) in [7, 11) is 0. The lowest BCUT2D eigenvalue weighted by Crippen LogP contribution is -2.07. The highest BCUT2D eigenvalue weighted by Crippen LogP contribution is 2.28. The maximum Gasteiger partial charge on any atom is 0.125 e. The first-order chi connectivity index (χ1) is 8.45. The van der Waals surface area contributed by atoms with Gasteiger partial charge in [-0.2, -0.15) is 0 Å². The van der Waals surface area contributed by atoms with Crippen molar-refractivity contribution in [1.82, 2.24) is 0 Å². The van der Waals surface area contributed by atoms with Gasteiger partial charge in [0.25, 0.3) is 0 Å². The molecule has 0 spiro atoms. The normalized spacial score (nSPS) is 12.5. The Labute approximate surface area is 112 Å². The van der Waals surface area contributed by atoms with E-state index in [1.54, 1.807) is 11.3 Å². The summed E-state index contributed by atoms with van der Waals surface area (Å²) in [6.45, 7) is 8.25. The summed E-state index contributed by atoms with van der Waals surface area (Å²) in [6, 6.07) is 7.43. The molecule has 0 saturated carbocycles. The molecular weight excluding hydrogens is 245 g/mol. The molecule has 96 valence electrons. The molecule has 3 heteroatoms. The predicted octanol–water partition coefficient (Wildman–Crippen LogP) is 4.99. The highest BCUT2D eigenvalue weighted by Gasteiger charge is 2.11. The number of benzene rings is 1. The monoisotopic (exact) mass is 263 g/mol. The molecule has 2 rings (SSSR count). The van der Waals surface area contributed by atoms with Crippen molar-refractivity contribution in [2.45, 2.75) is 33.7 Å². The van der Waals surface area contributed by atoms with Gasteiger partial charge in [0.2, 0.25) is 0 Å². The van der Waals surface area contributed by atoms with Crippen LogP contribution in [0.15, 0.2) is 24.3 Å². The van der Waals surface area contributed by atoms with E-state index in [0.717, 1.165) is 11.3 Å². The van der Waals surface area contributed by atoms with Crippen LogP contribution in [0.5, 0.6) is 0 Å². The predicted molar refractivity (Wildman–Crippen MR) is 77.0 cm³/mol. The molecule has 0 fully saturated rings. The molecule has 18 heavy (non-hydrogen) atoms. The van der Waals surface area contributed by atoms with Gasteiger partial charge in [-0.15, -0.1) is 11.3 Å². The Balaban J connectivity index is 2.20. The van der Waals surface area contributed by atoms with E-state index >= 15 is 0 Å². The van der Waals surface area contributed by atoms with Crippen molar-refractivity contribution in [1.29, 1.82) is 0 Å². The van der Waals surface area contributed by atoms with Gasteiger partial charge in [0, 0.05) is 21.5 Å². The first kappa shape index (κ1) is 13.1. The van der Waals surface area contributed by atoms with Crippen LogP contribution in [0.1, 0.15) is 33.8 Å². The lowest BCUT2D eigenvalue weighted by molar-refractivity contribution is 0.626. The number of hydrogen-bond donors (Lipinski definition) is 1. The minimum absolute atomic E-state index is 0.191. The maximum atomic E-state index is 13.3. The van der Waals surface area contributed by atoms with Crippen LogP contribution in [-0.4, -0.2) is 0 Å². The van der Waals surface area contributed by atoms with Crippen molar-refractivity contribution in [2.24, 2.45) is 0 Å². The summed E-state index contributed by atoms with van der Waals surface area (Å²) in [5, 5.41) is 3.36. The largest absolute Gasteiger partial charge is 0.378 e. The molecule has 1 N–H and O–H groups in total. The minimum Gasteiger partial charge on any atom is -0.378 e. The molecule has 0 bridgehead atoms.